The lowest BCUT2D eigenvalue weighted by molar-refractivity contribution is -0.645. The van der Waals surface area contributed by atoms with Crippen molar-refractivity contribution in [2.75, 3.05) is 0 Å². The van der Waals surface area contributed by atoms with E-state index in [1.54, 1.807) is 12.1 Å². The Bertz CT molecular complexity index is 208. The van der Waals surface area contributed by atoms with Crippen molar-refractivity contribution in [2.24, 2.45) is 0 Å². The maximum atomic E-state index is 10.6. The Labute approximate surface area is 63.1 Å². The van der Waals surface area contributed by atoms with Gasteiger partial charge < -0.3 is 5.21 Å². The van der Waals surface area contributed by atoms with Crippen LogP contribution in [0.2, 0.25) is 5.02 Å². The first kappa shape index (κ1) is 6.71. The maximum Gasteiger partial charge on any atom is 0.267 e. The number of thiol groups is 1. The lowest BCUT2D eigenvalue weighted by Crippen LogP contribution is -2.27. The summed E-state index contributed by atoms with van der Waals surface area (Å²) >= 11 is 9.35. The molecular weight excluding hydrogens is 158 g/mol. The Balaban J connectivity index is 3.25. The van der Waals surface area contributed by atoms with Crippen LogP contribution in [-0.4, -0.2) is 0 Å². The number of nitrogens with zero attached hydrogens (tertiary/aromatic N) is 1. The summed E-state index contributed by atoms with van der Waals surface area (Å²) in [5, 5.41) is 11.2. The molecule has 0 fully saturated rings. The maximum absolute atomic E-state index is 10.6. The molecule has 4 heteroatoms. The molecule has 0 saturated carbocycles. The molecule has 1 aromatic rings. The molecule has 0 bridgehead atoms. The highest BCUT2D eigenvalue weighted by atomic mass is 35.5. The van der Waals surface area contributed by atoms with E-state index in [0.717, 1.165) is 0 Å². The van der Waals surface area contributed by atoms with E-state index in [9.17, 15) is 5.21 Å². The minimum Gasteiger partial charge on any atom is -0.618 e. The first-order chi connectivity index (χ1) is 4.22. The van der Waals surface area contributed by atoms with Crippen molar-refractivity contribution in [3.05, 3.63) is 28.6 Å². The lowest BCUT2D eigenvalue weighted by atomic mass is 10.5. The molecule has 0 aliphatic rings. The average Bonchev–Trinajstić information content (AvgIpc) is 1.83. The third-order valence-corrected chi connectivity index (χ3v) is 1.76. The quantitative estimate of drug-likeness (QED) is 0.346. The van der Waals surface area contributed by atoms with Gasteiger partial charge in [0.05, 0.1) is 0 Å². The number of hydrogen-bond acceptors (Lipinski definition) is 2. The number of rotatable bonds is 0. The standard InChI is InChI=1S/C5H4ClNOS/c6-4-2-1-3-7(8)5(4)9/h1-3,9H. The molecule has 1 rings (SSSR count). The Morgan fingerprint density at radius 3 is 2.78 bits per heavy atom. The van der Waals surface area contributed by atoms with Crippen molar-refractivity contribution in [1.29, 1.82) is 0 Å². The Kier molecular flexibility index (Phi) is 1.83. The number of hydrogen-bond donors (Lipinski definition) is 1. The van der Waals surface area contributed by atoms with Gasteiger partial charge >= 0.3 is 0 Å². The number of aromatic nitrogens is 1. The summed E-state index contributed by atoms with van der Waals surface area (Å²) in [5.41, 5.74) is 0. The first-order valence-corrected chi connectivity index (χ1v) is 3.11. The van der Waals surface area contributed by atoms with Crippen molar-refractivity contribution >= 4 is 24.2 Å². The summed E-state index contributed by atoms with van der Waals surface area (Å²) in [6, 6.07) is 3.17. The van der Waals surface area contributed by atoms with Gasteiger partial charge in [-0.15, -0.1) is 0 Å². The second-order valence-corrected chi connectivity index (χ2v) is 2.34. The van der Waals surface area contributed by atoms with E-state index in [-0.39, 0.29) is 5.03 Å². The van der Waals surface area contributed by atoms with E-state index in [1.165, 1.54) is 6.20 Å². The van der Waals surface area contributed by atoms with Crippen molar-refractivity contribution < 1.29 is 4.73 Å². The van der Waals surface area contributed by atoms with Crippen LogP contribution in [0.3, 0.4) is 0 Å². The summed E-state index contributed by atoms with van der Waals surface area (Å²) in [7, 11) is 0. The molecule has 0 aromatic carbocycles. The molecule has 0 N–H and O–H groups in total. The molecule has 1 aromatic heterocycles. The van der Waals surface area contributed by atoms with Crippen LogP contribution in [-0.2, 0) is 0 Å². The minimum absolute atomic E-state index is 0.235. The highest BCUT2D eigenvalue weighted by molar-refractivity contribution is 7.80. The number of halogens is 1. The van der Waals surface area contributed by atoms with Gasteiger partial charge in [0.25, 0.3) is 5.03 Å². The van der Waals surface area contributed by atoms with Gasteiger partial charge in [0, 0.05) is 6.07 Å². The van der Waals surface area contributed by atoms with Crippen LogP contribution in [0.15, 0.2) is 23.4 Å². The lowest BCUT2D eigenvalue weighted by Gasteiger charge is -1.97. The van der Waals surface area contributed by atoms with Crippen molar-refractivity contribution in [1.82, 2.24) is 0 Å². The summed E-state index contributed by atoms with van der Waals surface area (Å²) in [4.78, 5) is 0. The van der Waals surface area contributed by atoms with Crippen LogP contribution < -0.4 is 4.73 Å². The predicted octanol–water partition coefficient (Wildman–Crippen LogP) is 1.26. The monoisotopic (exact) mass is 161 g/mol. The fourth-order valence-electron chi connectivity index (χ4n) is 0.456. The fourth-order valence-corrected chi connectivity index (χ4v) is 0.753. The highest BCUT2D eigenvalue weighted by Gasteiger charge is 2.02. The van der Waals surface area contributed by atoms with Crippen LogP contribution in [0.5, 0.6) is 0 Å². The van der Waals surface area contributed by atoms with Gasteiger partial charge in [-0.05, 0) is 6.07 Å². The van der Waals surface area contributed by atoms with Crippen molar-refractivity contribution in [2.45, 2.75) is 5.03 Å². The third-order valence-electron chi connectivity index (χ3n) is 0.886. The summed E-state index contributed by atoms with van der Waals surface area (Å²) in [6.45, 7) is 0. The third kappa shape index (κ3) is 1.28. The van der Waals surface area contributed by atoms with Gasteiger partial charge in [-0.2, -0.15) is 4.73 Å². The van der Waals surface area contributed by atoms with Crippen LogP contribution >= 0.6 is 24.2 Å². The Hall–Kier alpha value is -0.410. The molecule has 0 unspecified atom stereocenters. The summed E-state index contributed by atoms with van der Waals surface area (Å²) in [5.74, 6) is 0. The molecule has 9 heavy (non-hydrogen) atoms. The molecule has 0 saturated heterocycles. The van der Waals surface area contributed by atoms with Gasteiger partial charge in [0.15, 0.2) is 6.20 Å². The highest BCUT2D eigenvalue weighted by Crippen LogP contribution is 2.12. The molecule has 0 spiro atoms. The second-order valence-electron chi connectivity index (χ2n) is 1.51. The van der Waals surface area contributed by atoms with Gasteiger partial charge in [0.2, 0.25) is 0 Å². The average molecular weight is 162 g/mol. The Morgan fingerprint density at radius 2 is 2.33 bits per heavy atom. The number of pyridine rings is 1. The Morgan fingerprint density at radius 1 is 1.67 bits per heavy atom. The second kappa shape index (κ2) is 2.45. The van der Waals surface area contributed by atoms with Crippen molar-refractivity contribution in [3.63, 3.8) is 0 Å². The van der Waals surface area contributed by atoms with Gasteiger partial charge in [-0.1, -0.05) is 24.2 Å². The van der Waals surface area contributed by atoms with Crippen LogP contribution in [0.1, 0.15) is 0 Å². The van der Waals surface area contributed by atoms with E-state index in [1.807, 2.05) is 0 Å². The smallest absolute Gasteiger partial charge is 0.267 e. The fraction of sp³-hybridized carbons (Fsp3) is 0. The molecule has 2 nitrogen and oxygen atoms in total. The zero-order valence-corrected chi connectivity index (χ0v) is 6.06. The van der Waals surface area contributed by atoms with Gasteiger partial charge in [-0.25, -0.2) is 0 Å². The zero-order chi connectivity index (χ0) is 6.85. The van der Waals surface area contributed by atoms with E-state index in [0.29, 0.717) is 9.75 Å². The van der Waals surface area contributed by atoms with Gasteiger partial charge in [0.1, 0.15) is 5.02 Å². The van der Waals surface area contributed by atoms with Gasteiger partial charge in [-0.3, -0.25) is 0 Å². The van der Waals surface area contributed by atoms with E-state index in [4.69, 9.17) is 11.6 Å². The van der Waals surface area contributed by atoms with E-state index >= 15 is 0 Å². The summed E-state index contributed by atoms with van der Waals surface area (Å²) in [6.07, 6.45) is 1.34. The molecular formula is C5H4ClNOS. The topological polar surface area (TPSA) is 26.9 Å². The molecule has 0 radical (unpaired) electrons. The van der Waals surface area contributed by atoms with Crippen LogP contribution in [0.25, 0.3) is 0 Å². The molecule has 0 aliphatic heterocycles. The molecule has 1 heterocycles. The first-order valence-electron chi connectivity index (χ1n) is 2.28. The normalized spacial score (nSPS) is 9.56. The summed E-state index contributed by atoms with van der Waals surface area (Å²) < 4.78 is 0.603. The minimum atomic E-state index is 0.235. The molecule has 48 valence electrons. The SMILES string of the molecule is [O-][n+]1cccc(Cl)c1S. The largest absolute Gasteiger partial charge is 0.618 e. The van der Waals surface area contributed by atoms with E-state index < -0.39 is 0 Å². The molecule has 0 amide bonds. The zero-order valence-electron chi connectivity index (χ0n) is 4.41. The van der Waals surface area contributed by atoms with E-state index in [2.05, 4.69) is 12.6 Å². The predicted molar refractivity (Wildman–Crippen MR) is 37.7 cm³/mol. The van der Waals surface area contributed by atoms with Crippen molar-refractivity contribution in [3.8, 4) is 0 Å². The van der Waals surface area contributed by atoms with Crippen LogP contribution in [0.4, 0.5) is 0 Å². The molecule has 0 atom stereocenters. The van der Waals surface area contributed by atoms with Crippen LogP contribution in [0, 0.1) is 5.21 Å². The molecule has 0 aliphatic carbocycles.